The molecule has 2 rings (SSSR count). The van der Waals surface area contributed by atoms with Gasteiger partial charge in [0.05, 0.1) is 13.0 Å². The fraction of sp³-hybridized carbons (Fsp3) is 0.273. The first kappa shape index (κ1) is 10.6. The lowest BCUT2D eigenvalue weighted by Crippen LogP contribution is -2.25. The molecule has 1 heterocycles. The number of Topliss-reactive ketones (excluding diaryl/α,β-unsaturated/α-hetero) is 1. The Kier molecular flexibility index (Phi) is 2.77. The summed E-state index contributed by atoms with van der Waals surface area (Å²) in [4.78, 5) is 24.2. The highest BCUT2D eigenvalue weighted by atomic mass is 127. The number of carbonyl (C=O) groups excluding carboxylic acids is 2. The SMILES string of the molecule is Cc1cc(I)ccc1N1CC(=O)CC1=O. The molecule has 0 N–H and O–H groups in total. The quantitative estimate of drug-likeness (QED) is 0.586. The summed E-state index contributed by atoms with van der Waals surface area (Å²) in [5.41, 5.74) is 1.89. The van der Waals surface area contributed by atoms with Crippen molar-refractivity contribution >= 4 is 40.0 Å². The van der Waals surface area contributed by atoms with E-state index in [-0.39, 0.29) is 24.7 Å². The number of carbonyl (C=O) groups is 2. The second kappa shape index (κ2) is 3.92. The lowest BCUT2D eigenvalue weighted by Gasteiger charge is -2.17. The van der Waals surface area contributed by atoms with Crippen molar-refractivity contribution in [3.05, 3.63) is 27.3 Å². The zero-order valence-electron chi connectivity index (χ0n) is 8.29. The average molecular weight is 315 g/mol. The number of hydrogen-bond acceptors (Lipinski definition) is 2. The van der Waals surface area contributed by atoms with Crippen molar-refractivity contribution in [2.24, 2.45) is 0 Å². The molecule has 0 aromatic heterocycles. The van der Waals surface area contributed by atoms with Crippen LogP contribution in [-0.2, 0) is 9.59 Å². The Hall–Kier alpha value is -0.910. The van der Waals surface area contributed by atoms with Gasteiger partial charge in [0.1, 0.15) is 0 Å². The summed E-state index contributed by atoms with van der Waals surface area (Å²) in [5.74, 6) is -0.0951. The van der Waals surface area contributed by atoms with Gasteiger partial charge in [-0.25, -0.2) is 0 Å². The third-order valence-electron chi connectivity index (χ3n) is 2.43. The molecule has 0 bridgehead atoms. The number of amides is 1. The van der Waals surface area contributed by atoms with Crippen LogP contribution in [0.25, 0.3) is 0 Å². The van der Waals surface area contributed by atoms with Gasteiger partial charge in [0, 0.05) is 9.26 Å². The predicted molar refractivity (Wildman–Crippen MR) is 65.9 cm³/mol. The summed E-state index contributed by atoms with van der Waals surface area (Å²) in [6.07, 6.45) is 0.0471. The van der Waals surface area contributed by atoms with Gasteiger partial charge in [-0.2, -0.15) is 0 Å². The molecule has 1 aromatic rings. The summed E-state index contributed by atoms with van der Waals surface area (Å²) in [5, 5.41) is 0. The van der Waals surface area contributed by atoms with E-state index in [1.807, 2.05) is 25.1 Å². The molecule has 1 amide bonds. The van der Waals surface area contributed by atoms with Gasteiger partial charge >= 0.3 is 0 Å². The first-order valence-corrected chi connectivity index (χ1v) is 5.74. The van der Waals surface area contributed by atoms with Crippen LogP contribution in [0, 0.1) is 10.5 Å². The minimum absolute atomic E-state index is 0.00190. The van der Waals surface area contributed by atoms with Crippen molar-refractivity contribution < 1.29 is 9.59 Å². The van der Waals surface area contributed by atoms with Crippen molar-refractivity contribution in [1.82, 2.24) is 0 Å². The Morgan fingerprint density at radius 1 is 1.33 bits per heavy atom. The molecule has 1 aliphatic rings. The van der Waals surface area contributed by atoms with Crippen LogP contribution in [-0.4, -0.2) is 18.2 Å². The highest BCUT2D eigenvalue weighted by molar-refractivity contribution is 14.1. The Morgan fingerprint density at radius 3 is 2.60 bits per heavy atom. The summed E-state index contributed by atoms with van der Waals surface area (Å²) in [6, 6.07) is 5.85. The summed E-state index contributed by atoms with van der Waals surface area (Å²) >= 11 is 2.22. The highest BCUT2D eigenvalue weighted by Gasteiger charge is 2.29. The molecule has 1 aromatic carbocycles. The average Bonchev–Trinajstić information content (AvgIpc) is 2.45. The minimum Gasteiger partial charge on any atom is -0.304 e. The number of anilines is 1. The van der Waals surface area contributed by atoms with E-state index in [1.54, 1.807) is 4.90 Å². The van der Waals surface area contributed by atoms with Gasteiger partial charge in [0.25, 0.3) is 0 Å². The van der Waals surface area contributed by atoms with Crippen LogP contribution >= 0.6 is 22.6 Å². The van der Waals surface area contributed by atoms with Gasteiger partial charge in [-0.05, 0) is 53.3 Å². The van der Waals surface area contributed by atoms with Gasteiger partial charge in [0.15, 0.2) is 5.78 Å². The molecule has 78 valence electrons. The standard InChI is InChI=1S/C11H10INO2/c1-7-4-8(12)2-3-10(7)13-6-9(14)5-11(13)15/h2-4H,5-6H2,1H3. The molecule has 0 radical (unpaired) electrons. The highest BCUT2D eigenvalue weighted by Crippen LogP contribution is 2.25. The fourth-order valence-corrected chi connectivity index (χ4v) is 2.37. The maximum Gasteiger partial charge on any atom is 0.234 e. The molecule has 0 unspecified atom stereocenters. The number of aryl methyl sites for hydroxylation is 1. The second-order valence-corrected chi connectivity index (χ2v) is 4.87. The van der Waals surface area contributed by atoms with Crippen molar-refractivity contribution in [1.29, 1.82) is 0 Å². The Labute approximate surface area is 102 Å². The Morgan fingerprint density at radius 2 is 2.07 bits per heavy atom. The van der Waals surface area contributed by atoms with E-state index in [9.17, 15) is 9.59 Å². The zero-order chi connectivity index (χ0) is 11.0. The van der Waals surface area contributed by atoms with Crippen molar-refractivity contribution in [2.75, 3.05) is 11.4 Å². The molecule has 0 saturated carbocycles. The molecular weight excluding hydrogens is 305 g/mol. The maximum atomic E-state index is 11.5. The molecule has 15 heavy (non-hydrogen) atoms. The molecule has 1 saturated heterocycles. The number of nitrogens with zero attached hydrogens (tertiary/aromatic N) is 1. The molecule has 0 spiro atoms. The van der Waals surface area contributed by atoms with Gasteiger partial charge in [0.2, 0.25) is 5.91 Å². The van der Waals surface area contributed by atoms with E-state index in [2.05, 4.69) is 22.6 Å². The van der Waals surface area contributed by atoms with Crippen molar-refractivity contribution in [3.63, 3.8) is 0 Å². The van der Waals surface area contributed by atoms with E-state index in [1.165, 1.54) is 0 Å². The van der Waals surface area contributed by atoms with Gasteiger partial charge < -0.3 is 4.90 Å². The van der Waals surface area contributed by atoms with Crippen molar-refractivity contribution in [3.8, 4) is 0 Å². The third kappa shape index (κ3) is 2.04. The predicted octanol–water partition coefficient (Wildman–Crippen LogP) is 1.91. The van der Waals surface area contributed by atoms with E-state index in [0.29, 0.717) is 0 Å². The maximum absolute atomic E-state index is 11.5. The monoisotopic (exact) mass is 315 g/mol. The number of rotatable bonds is 1. The van der Waals surface area contributed by atoms with Crippen LogP contribution in [0.15, 0.2) is 18.2 Å². The van der Waals surface area contributed by atoms with E-state index in [4.69, 9.17) is 0 Å². The molecule has 3 nitrogen and oxygen atoms in total. The molecule has 1 aliphatic heterocycles. The van der Waals surface area contributed by atoms with Gasteiger partial charge in [-0.15, -0.1) is 0 Å². The van der Waals surface area contributed by atoms with Gasteiger partial charge in [-0.1, -0.05) is 0 Å². The Bertz CT molecular complexity index is 442. The van der Waals surface area contributed by atoms with E-state index >= 15 is 0 Å². The fourth-order valence-electron chi connectivity index (χ4n) is 1.73. The minimum atomic E-state index is -0.0932. The third-order valence-corrected chi connectivity index (χ3v) is 3.10. The Balaban J connectivity index is 2.38. The first-order chi connectivity index (χ1) is 7.08. The zero-order valence-corrected chi connectivity index (χ0v) is 10.4. The number of ketones is 1. The van der Waals surface area contributed by atoms with Crippen molar-refractivity contribution in [2.45, 2.75) is 13.3 Å². The summed E-state index contributed by atoms with van der Waals surface area (Å²) < 4.78 is 1.13. The second-order valence-electron chi connectivity index (χ2n) is 3.63. The largest absolute Gasteiger partial charge is 0.304 e. The van der Waals surface area contributed by atoms with Gasteiger partial charge in [-0.3, -0.25) is 9.59 Å². The first-order valence-electron chi connectivity index (χ1n) is 4.66. The molecule has 1 fully saturated rings. The number of hydrogen-bond donors (Lipinski definition) is 0. The van der Waals surface area contributed by atoms with Crippen LogP contribution in [0.1, 0.15) is 12.0 Å². The van der Waals surface area contributed by atoms with E-state index in [0.717, 1.165) is 14.8 Å². The molecule has 0 atom stereocenters. The van der Waals surface area contributed by atoms with Crippen LogP contribution in [0.5, 0.6) is 0 Å². The lowest BCUT2D eigenvalue weighted by atomic mass is 10.2. The van der Waals surface area contributed by atoms with Crippen LogP contribution in [0.2, 0.25) is 0 Å². The summed E-state index contributed by atoms with van der Waals surface area (Å²) in [6.45, 7) is 2.17. The topological polar surface area (TPSA) is 37.4 Å². The van der Waals surface area contributed by atoms with Crippen LogP contribution < -0.4 is 4.90 Å². The molecular formula is C11H10INO2. The smallest absolute Gasteiger partial charge is 0.234 e. The molecule has 4 heteroatoms. The van der Waals surface area contributed by atoms with Crippen LogP contribution in [0.4, 0.5) is 5.69 Å². The normalized spacial score (nSPS) is 16.3. The number of halogens is 1. The van der Waals surface area contributed by atoms with Crippen LogP contribution in [0.3, 0.4) is 0 Å². The molecule has 0 aliphatic carbocycles. The lowest BCUT2D eigenvalue weighted by molar-refractivity contribution is -0.121. The number of benzene rings is 1. The van der Waals surface area contributed by atoms with E-state index < -0.39 is 0 Å². The summed E-state index contributed by atoms with van der Waals surface area (Å²) in [7, 11) is 0.